The van der Waals surface area contributed by atoms with Crippen molar-refractivity contribution in [2.45, 2.75) is 62.4 Å². The predicted molar refractivity (Wildman–Crippen MR) is 130 cm³/mol. The van der Waals surface area contributed by atoms with E-state index in [9.17, 15) is 48.0 Å². The van der Waals surface area contributed by atoms with Gasteiger partial charge in [0.1, 0.15) is 12.2 Å². The van der Waals surface area contributed by atoms with Crippen molar-refractivity contribution in [3.8, 4) is 0 Å². The van der Waals surface area contributed by atoms with Crippen molar-refractivity contribution in [2.24, 2.45) is 0 Å². The van der Waals surface area contributed by atoms with Crippen molar-refractivity contribution in [2.75, 3.05) is 6.54 Å². The number of halogens is 3. The number of amides is 2. The zero-order valence-corrected chi connectivity index (χ0v) is 21.2. The summed E-state index contributed by atoms with van der Waals surface area (Å²) < 4.78 is 49.5. The minimum absolute atomic E-state index is 0.158. The quantitative estimate of drug-likeness (QED) is 0.242. The highest BCUT2D eigenvalue weighted by Gasteiger charge is 2.55. The molecule has 14 heteroatoms. The highest BCUT2D eigenvalue weighted by atomic mass is 19.4. The first-order valence-electron chi connectivity index (χ1n) is 12.1. The van der Waals surface area contributed by atoms with Crippen molar-refractivity contribution in [1.29, 1.82) is 0 Å². The largest absolute Gasteiger partial charge is 0.477 e. The van der Waals surface area contributed by atoms with Crippen molar-refractivity contribution in [3.63, 3.8) is 0 Å². The second kappa shape index (κ2) is 12.7. The normalized spacial score (nSPS) is 24.5. The van der Waals surface area contributed by atoms with Gasteiger partial charge in [-0.3, -0.25) is 9.59 Å². The molecular formula is C26H29F3N2O9. The molecule has 0 aromatic heterocycles. The number of ether oxygens (including phenoxy) is 2. The SMILES string of the molecule is CC(=O)N[C@H]1[C@H]([C@@H](O)[C@H](O)CNC(=O)c2ccc(C(F)(F)F)cc2)O[C@@](OCc2ccccc2)(C(=O)O)C[C@@H]1O. The van der Waals surface area contributed by atoms with E-state index in [4.69, 9.17) is 9.47 Å². The van der Waals surface area contributed by atoms with Crippen LogP contribution < -0.4 is 10.6 Å². The van der Waals surface area contributed by atoms with Gasteiger partial charge in [0.2, 0.25) is 5.91 Å². The molecule has 0 radical (unpaired) electrons. The molecule has 6 atom stereocenters. The lowest BCUT2D eigenvalue weighted by Gasteiger charge is -2.46. The standard InChI is InChI=1S/C26H29F3N2O9/c1-14(32)31-20-18(33)11-25(24(37)38,39-13-15-5-3-2-4-6-15)40-22(20)21(35)19(34)12-30-23(36)16-7-9-17(10-8-16)26(27,28)29/h2-10,18-22,33-35H,11-13H2,1H3,(H,30,36)(H,31,32)(H,37,38)/t18-,19+,20+,21-,22+,25+/m0/s1. The van der Waals surface area contributed by atoms with Crippen molar-refractivity contribution in [1.82, 2.24) is 10.6 Å². The summed E-state index contributed by atoms with van der Waals surface area (Å²) in [5.74, 6) is -5.62. The second-order valence-electron chi connectivity index (χ2n) is 9.26. The van der Waals surface area contributed by atoms with Crippen LogP contribution >= 0.6 is 0 Å². The summed E-state index contributed by atoms with van der Waals surface area (Å²) in [6.45, 7) is 0.218. The Hall–Kier alpha value is -3.56. The van der Waals surface area contributed by atoms with E-state index >= 15 is 0 Å². The number of hydrogen-bond donors (Lipinski definition) is 6. The summed E-state index contributed by atoms with van der Waals surface area (Å²) in [5, 5.41) is 46.8. The first kappa shape index (κ1) is 31.0. The number of alkyl halides is 3. The van der Waals surface area contributed by atoms with E-state index in [-0.39, 0.29) is 12.2 Å². The molecular weight excluding hydrogens is 541 g/mol. The first-order chi connectivity index (χ1) is 18.7. The molecule has 40 heavy (non-hydrogen) atoms. The van der Waals surface area contributed by atoms with Gasteiger partial charge >= 0.3 is 12.1 Å². The minimum Gasteiger partial charge on any atom is -0.477 e. The van der Waals surface area contributed by atoms with Gasteiger partial charge in [-0.1, -0.05) is 30.3 Å². The number of rotatable bonds is 10. The summed E-state index contributed by atoms with van der Waals surface area (Å²) in [6, 6.07) is 10.3. The van der Waals surface area contributed by atoms with Crippen LogP contribution in [0.25, 0.3) is 0 Å². The summed E-state index contributed by atoms with van der Waals surface area (Å²) in [7, 11) is 0. The lowest BCUT2D eigenvalue weighted by molar-refractivity contribution is -0.314. The van der Waals surface area contributed by atoms with Gasteiger partial charge in [0, 0.05) is 25.5 Å². The van der Waals surface area contributed by atoms with Gasteiger partial charge in [0.15, 0.2) is 0 Å². The Kier molecular flexibility index (Phi) is 9.87. The number of aliphatic hydroxyl groups is 3. The minimum atomic E-state index is -4.60. The average Bonchev–Trinajstić information content (AvgIpc) is 2.91. The summed E-state index contributed by atoms with van der Waals surface area (Å²) in [5.41, 5.74) is -0.546. The molecule has 3 rings (SSSR count). The first-order valence-corrected chi connectivity index (χ1v) is 12.1. The highest BCUT2D eigenvalue weighted by Crippen LogP contribution is 2.34. The molecule has 2 aromatic carbocycles. The third-order valence-electron chi connectivity index (χ3n) is 6.26. The molecule has 1 aliphatic heterocycles. The molecule has 218 valence electrons. The summed E-state index contributed by atoms with van der Waals surface area (Å²) in [6.07, 6.45) is -12.4. The molecule has 2 aromatic rings. The van der Waals surface area contributed by atoms with Crippen LogP contribution in [-0.4, -0.2) is 81.0 Å². The molecule has 0 unspecified atom stereocenters. The Morgan fingerprint density at radius 2 is 1.73 bits per heavy atom. The number of aliphatic carboxylic acids is 1. The molecule has 1 heterocycles. The molecule has 1 fully saturated rings. The van der Waals surface area contributed by atoms with Gasteiger partial charge in [-0.25, -0.2) is 4.79 Å². The number of aliphatic hydroxyl groups excluding tert-OH is 3. The Balaban J connectivity index is 1.75. The third kappa shape index (κ3) is 7.55. The lowest BCUT2D eigenvalue weighted by atomic mass is 9.88. The number of hydrogen-bond acceptors (Lipinski definition) is 8. The number of carboxylic acid groups (broad SMARTS) is 1. The topological polar surface area (TPSA) is 175 Å². The van der Waals surface area contributed by atoms with Gasteiger partial charge in [-0.05, 0) is 29.8 Å². The predicted octanol–water partition coefficient (Wildman–Crippen LogP) is 0.809. The smallest absolute Gasteiger partial charge is 0.416 e. The highest BCUT2D eigenvalue weighted by molar-refractivity contribution is 5.94. The van der Waals surface area contributed by atoms with Crippen LogP contribution in [0.1, 0.15) is 34.8 Å². The van der Waals surface area contributed by atoms with E-state index in [2.05, 4.69) is 10.6 Å². The average molecular weight is 571 g/mol. The number of nitrogens with one attached hydrogen (secondary N) is 2. The van der Waals surface area contributed by atoms with E-state index < -0.39 is 78.7 Å². The van der Waals surface area contributed by atoms with E-state index in [1.165, 1.54) is 0 Å². The summed E-state index contributed by atoms with van der Waals surface area (Å²) >= 11 is 0. The fourth-order valence-corrected chi connectivity index (χ4v) is 4.17. The molecule has 2 amide bonds. The molecule has 0 spiro atoms. The maximum atomic E-state index is 12.8. The van der Waals surface area contributed by atoms with E-state index in [1.54, 1.807) is 30.3 Å². The number of benzene rings is 2. The van der Waals surface area contributed by atoms with Crippen LogP contribution in [-0.2, 0) is 31.8 Å². The molecule has 1 saturated heterocycles. The molecule has 0 bridgehead atoms. The third-order valence-corrected chi connectivity index (χ3v) is 6.26. The molecule has 0 aliphatic carbocycles. The van der Waals surface area contributed by atoms with Gasteiger partial charge in [0.05, 0.1) is 30.4 Å². The monoisotopic (exact) mass is 570 g/mol. The van der Waals surface area contributed by atoms with Crippen molar-refractivity contribution >= 4 is 17.8 Å². The maximum Gasteiger partial charge on any atom is 0.416 e. The van der Waals surface area contributed by atoms with Crippen LogP contribution in [0.4, 0.5) is 13.2 Å². The molecule has 11 nitrogen and oxygen atoms in total. The van der Waals surface area contributed by atoms with Crippen molar-refractivity contribution < 1.29 is 57.5 Å². The number of carboxylic acids is 1. The maximum absolute atomic E-state index is 12.8. The Labute approximate surface area is 226 Å². The van der Waals surface area contributed by atoms with Crippen LogP contribution in [0.15, 0.2) is 54.6 Å². The second-order valence-corrected chi connectivity index (χ2v) is 9.26. The zero-order valence-electron chi connectivity index (χ0n) is 21.2. The van der Waals surface area contributed by atoms with Crippen LogP contribution in [0.5, 0.6) is 0 Å². The molecule has 6 N–H and O–H groups in total. The zero-order chi connectivity index (χ0) is 29.7. The van der Waals surface area contributed by atoms with Crippen LogP contribution in [0.3, 0.4) is 0 Å². The Bertz CT molecular complexity index is 1180. The number of carbonyl (C=O) groups is 3. The van der Waals surface area contributed by atoms with Crippen LogP contribution in [0.2, 0.25) is 0 Å². The molecule has 0 saturated carbocycles. The van der Waals surface area contributed by atoms with E-state index in [1.807, 2.05) is 0 Å². The lowest BCUT2D eigenvalue weighted by Crippen LogP contribution is -2.68. The van der Waals surface area contributed by atoms with Gasteiger partial charge in [-0.15, -0.1) is 0 Å². The number of carbonyl (C=O) groups excluding carboxylic acids is 2. The Morgan fingerprint density at radius 3 is 2.27 bits per heavy atom. The fourth-order valence-electron chi connectivity index (χ4n) is 4.17. The van der Waals surface area contributed by atoms with Gasteiger partial charge < -0.3 is 40.5 Å². The van der Waals surface area contributed by atoms with E-state index in [0.717, 1.165) is 19.1 Å². The van der Waals surface area contributed by atoms with Crippen LogP contribution in [0, 0.1) is 0 Å². The van der Waals surface area contributed by atoms with E-state index in [0.29, 0.717) is 17.7 Å². The van der Waals surface area contributed by atoms with Gasteiger partial charge in [-0.2, -0.15) is 13.2 Å². The fraction of sp³-hybridized carbons (Fsp3) is 0.423. The Morgan fingerprint density at radius 1 is 1.10 bits per heavy atom. The van der Waals surface area contributed by atoms with Crippen molar-refractivity contribution in [3.05, 3.63) is 71.3 Å². The summed E-state index contributed by atoms with van der Waals surface area (Å²) in [4.78, 5) is 36.4. The molecule has 1 aliphatic rings. The van der Waals surface area contributed by atoms with Gasteiger partial charge in [0.25, 0.3) is 11.7 Å².